The Kier molecular flexibility index (Phi) is 5.68. The van der Waals surface area contributed by atoms with Crippen LogP contribution in [-0.4, -0.2) is 37.2 Å². The second-order valence-electron chi connectivity index (χ2n) is 5.55. The van der Waals surface area contributed by atoms with Gasteiger partial charge in [0.1, 0.15) is 5.75 Å². The molecule has 1 heterocycles. The largest absolute Gasteiger partial charge is 0.497 e. The number of likely N-dealkylation sites (tertiary alicyclic amines) is 1. The van der Waals surface area contributed by atoms with Crippen molar-refractivity contribution < 1.29 is 9.57 Å². The summed E-state index contributed by atoms with van der Waals surface area (Å²) < 4.78 is 5.12. The second kappa shape index (κ2) is 7.50. The van der Waals surface area contributed by atoms with E-state index in [0.29, 0.717) is 18.7 Å². The summed E-state index contributed by atoms with van der Waals surface area (Å²) in [5.41, 5.74) is 3.93. The van der Waals surface area contributed by atoms with Crippen molar-refractivity contribution in [2.24, 2.45) is 0 Å². The van der Waals surface area contributed by atoms with Crippen LogP contribution < -0.4 is 10.2 Å². The summed E-state index contributed by atoms with van der Waals surface area (Å²) >= 11 is 0. The van der Waals surface area contributed by atoms with Crippen molar-refractivity contribution in [1.82, 2.24) is 4.90 Å². The Morgan fingerprint density at radius 1 is 1.15 bits per heavy atom. The van der Waals surface area contributed by atoms with Crippen LogP contribution in [0.1, 0.15) is 33.1 Å². The molecule has 4 nitrogen and oxygen atoms in total. The number of benzene rings is 1. The van der Waals surface area contributed by atoms with E-state index in [1.54, 1.807) is 7.11 Å². The van der Waals surface area contributed by atoms with Gasteiger partial charge in [0.05, 0.1) is 19.4 Å². The lowest BCUT2D eigenvalue weighted by atomic mass is 9.98. The molecule has 1 aromatic rings. The van der Waals surface area contributed by atoms with Crippen LogP contribution in [0.3, 0.4) is 0 Å². The number of hydrogen-bond acceptors (Lipinski definition) is 4. The maximum Gasteiger partial charge on any atom is 0.119 e. The van der Waals surface area contributed by atoms with Gasteiger partial charge in [-0.3, -0.25) is 15.2 Å². The normalized spacial score (nSPS) is 23.6. The molecule has 20 heavy (non-hydrogen) atoms. The average molecular weight is 278 g/mol. The third kappa shape index (κ3) is 4.12. The van der Waals surface area contributed by atoms with Gasteiger partial charge in [-0.15, -0.1) is 0 Å². The van der Waals surface area contributed by atoms with Crippen LogP contribution in [0, 0.1) is 0 Å². The highest BCUT2D eigenvalue weighted by Crippen LogP contribution is 2.21. The monoisotopic (exact) mass is 278 g/mol. The van der Waals surface area contributed by atoms with E-state index in [1.165, 1.54) is 19.3 Å². The number of nitrogens with one attached hydrogen (secondary N) is 1. The van der Waals surface area contributed by atoms with Gasteiger partial charge in [-0.25, -0.2) is 0 Å². The molecule has 0 radical (unpaired) electrons. The van der Waals surface area contributed by atoms with Crippen molar-refractivity contribution in [3.63, 3.8) is 0 Å². The Hall–Kier alpha value is -1.26. The van der Waals surface area contributed by atoms with Gasteiger partial charge >= 0.3 is 0 Å². The molecule has 2 atom stereocenters. The molecule has 1 aliphatic heterocycles. The molecule has 1 saturated heterocycles. The van der Waals surface area contributed by atoms with E-state index in [4.69, 9.17) is 9.57 Å². The van der Waals surface area contributed by atoms with Crippen LogP contribution in [0.15, 0.2) is 24.3 Å². The van der Waals surface area contributed by atoms with E-state index in [9.17, 15) is 0 Å². The standard InChI is InChI=1S/C16H26N2O2/c1-13-5-4-6-14(2)18(13)11-12-20-17-15-7-9-16(19-3)10-8-15/h7-10,13-14,17H,4-6,11-12H2,1-3H3. The summed E-state index contributed by atoms with van der Waals surface area (Å²) in [4.78, 5) is 8.10. The molecule has 1 aliphatic rings. The number of ether oxygens (including phenoxy) is 1. The maximum absolute atomic E-state index is 5.56. The molecule has 1 N–H and O–H groups in total. The number of rotatable bonds is 6. The predicted octanol–water partition coefficient (Wildman–Crippen LogP) is 3.30. The van der Waals surface area contributed by atoms with Gasteiger partial charge < -0.3 is 4.74 Å². The lowest BCUT2D eigenvalue weighted by Gasteiger charge is -2.38. The third-order valence-electron chi connectivity index (χ3n) is 4.11. The van der Waals surface area contributed by atoms with Crippen molar-refractivity contribution in [3.8, 4) is 5.75 Å². The van der Waals surface area contributed by atoms with Crippen molar-refractivity contribution in [2.75, 3.05) is 25.7 Å². The van der Waals surface area contributed by atoms with Gasteiger partial charge in [0.2, 0.25) is 0 Å². The van der Waals surface area contributed by atoms with Gasteiger partial charge in [0.25, 0.3) is 0 Å². The zero-order valence-electron chi connectivity index (χ0n) is 12.8. The fourth-order valence-corrected chi connectivity index (χ4v) is 2.86. The molecule has 0 spiro atoms. The lowest BCUT2D eigenvalue weighted by Crippen LogP contribution is -2.45. The number of piperidine rings is 1. The molecule has 0 amide bonds. The summed E-state index contributed by atoms with van der Waals surface area (Å²) in [6.45, 7) is 6.30. The van der Waals surface area contributed by atoms with Crippen LogP contribution >= 0.6 is 0 Å². The SMILES string of the molecule is COc1ccc(NOCCN2C(C)CCCC2C)cc1. The molecule has 1 fully saturated rings. The van der Waals surface area contributed by atoms with Gasteiger partial charge in [-0.05, 0) is 51.0 Å². The van der Waals surface area contributed by atoms with Gasteiger partial charge in [0, 0.05) is 18.6 Å². The van der Waals surface area contributed by atoms with E-state index >= 15 is 0 Å². The van der Waals surface area contributed by atoms with Gasteiger partial charge in [-0.2, -0.15) is 0 Å². The molecule has 112 valence electrons. The first kappa shape index (κ1) is 15.1. The van der Waals surface area contributed by atoms with Crippen LogP contribution in [0.5, 0.6) is 5.75 Å². The highest BCUT2D eigenvalue weighted by atomic mass is 16.6. The molecule has 0 aromatic heterocycles. The summed E-state index contributed by atoms with van der Waals surface area (Å²) in [5, 5.41) is 0. The zero-order chi connectivity index (χ0) is 14.4. The van der Waals surface area contributed by atoms with E-state index in [1.807, 2.05) is 24.3 Å². The molecule has 1 aromatic carbocycles. The molecular formula is C16H26N2O2. The van der Waals surface area contributed by atoms with Crippen LogP contribution in [0.2, 0.25) is 0 Å². The Morgan fingerprint density at radius 2 is 1.80 bits per heavy atom. The molecule has 4 heteroatoms. The maximum atomic E-state index is 5.56. The number of anilines is 1. The fraction of sp³-hybridized carbons (Fsp3) is 0.625. The lowest BCUT2D eigenvalue weighted by molar-refractivity contribution is 0.0658. The summed E-state index contributed by atoms with van der Waals surface area (Å²) in [7, 11) is 1.67. The minimum Gasteiger partial charge on any atom is -0.497 e. The minimum atomic E-state index is 0.670. The number of nitrogens with zero attached hydrogens (tertiary/aromatic N) is 1. The second-order valence-corrected chi connectivity index (χ2v) is 5.55. The Labute approximate surface area is 122 Å². The number of methoxy groups -OCH3 is 1. The molecule has 0 aliphatic carbocycles. The summed E-state index contributed by atoms with van der Waals surface area (Å²) in [6.07, 6.45) is 3.95. The van der Waals surface area contributed by atoms with Crippen LogP contribution in [0.25, 0.3) is 0 Å². The van der Waals surface area contributed by atoms with Crippen molar-refractivity contribution in [3.05, 3.63) is 24.3 Å². The van der Waals surface area contributed by atoms with Crippen molar-refractivity contribution in [2.45, 2.75) is 45.2 Å². The van der Waals surface area contributed by atoms with Crippen LogP contribution in [0.4, 0.5) is 5.69 Å². The zero-order valence-corrected chi connectivity index (χ0v) is 12.8. The topological polar surface area (TPSA) is 33.7 Å². The highest BCUT2D eigenvalue weighted by Gasteiger charge is 2.23. The average Bonchev–Trinajstić information content (AvgIpc) is 2.46. The van der Waals surface area contributed by atoms with E-state index < -0.39 is 0 Å². The van der Waals surface area contributed by atoms with Gasteiger partial charge in [0.15, 0.2) is 0 Å². The Balaban J connectivity index is 1.70. The molecule has 0 saturated carbocycles. The summed E-state index contributed by atoms with van der Waals surface area (Å²) in [5.74, 6) is 0.853. The van der Waals surface area contributed by atoms with Crippen molar-refractivity contribution in [1.29, 1.82) is 0 Å². The Morgan fingerprint density at radius 3 is 2.40 bits per heavy atom. The smallest absolute Gasteiger partial charge is 0.119 e. The Bertz CT molecular complexity index is 384. The van der Waals surface area contributed by atoms with Crippen molar-refractivity contribution >= 4 is 5.69 Å². The summed E-state index contributed by atoms with van der Waals surface area (Å²) in [6, 6.07) is 9.07. The first-order chi connectivity index (χ1) is 9.70. The highest BCUT2D eigenvalue weighted by molar-refractivity contribution is 5.44. The molecule has 0 bridgehead atoms. The molecule has 2 unspecified atom stereocenters. The van der Waals surface area contributed by atoms with Gasteiger partial charge in [-0.1, -0.05) is 6.42 Å². The van der Waals surface area contributed by atoms with E-state index in [0.717, 1.165) is 18.0 Å². The first-order valence-electron chi connectivity index (χ1n) is 7.48. The first-order valence-corrected chi connectivity index (χ1v) is 7.48. The quantitative estimate of drug-likeness (QED) is 0.639. The minimum absolute atomic E-state index is 0.670. The number of hydrogen-bond donors (Lipinski definition) is 1. The predicted molar refractivity (Wildman–Crippen MR) is 82.0 cm³/mol. The van der Waals surface area contributed by atoms with E-state index in [2.05, 4.69) is 24.2 Å². The van der Waals surface area contributed by atoms with Crippen LogP contribution in [-0.2, 0) is 4.84 Å². The third-order valence-corrected chi connectivity index (χ3v) is 4.11. The molecular weight excluding hydrogens is 252 g/mol. The fourth-order valence-electron chi connectivity index (χ4n) is 2.86. The van der Waals surface area contributed by atoms with E-state index in [-0.39, 0.29) is 0 Å². The molecule has 2 rings (SSSR count).